The minimum atomic E-state index is -4.53. The van der Waals surface area contributed by atoms with E-state index >= 15 is 0 Å². The van der Waals surface area contributed by atoms with Crippen LogP contribution >= 0.6 is 0 Å². The summed E-state index contributed by atoms with van der Waals surface area (Å²) in [5.74, 6) is 1.73. The predicted octanol–water partition coefficient (Wildman–Crippen LogP) is 2.77. The zero-order chi connectivity index (χ0) is 51.1. The average molecular weight is 1010 g/mol. The number of nitrogens with two attached hydrogens (primary N) is 2. The zero-order valence-corrected chi connectivity index (χ0v) is 39.8. The molecule has 10 heterocycles. The van der Waals surface area contributed by atoms with Gasteiger partial charge in [0.15, 0.2) is 45.6 Å². The lowest BCUT2D eigenvalue weighted by Gasteiger charge is -2.42. The molecule has 0 spiro atoms. The zero-order valence-electron chi connectivity index (χ0n) is 39.8. The number of fused-ring (bicyclic) bond motifs is 2. The van der Waals surface area contributed by atoms with Crippen LogP contribution in [0.4, 0.5) is 61.8 Å². The smallest absolute Gasteiger partial charge is 0.378 e. The number of morpholine rings is 2. The Hall–Kier alpha value is -7.01. The van der Waals surface area contributed by atoms with E-state index in [1.54, 1.807) is 9.80 Å². The normalized spacial score (nSPS) is 21.3. The Morgan fingerprint density at radius 2 is 0.958 bits per heavy atom. The summed E-state index contributed by atoms with van der Waals surface area (Å²) in [4.78, 5) is 64.5. The number of nitrogen functional groups attached to an aromatic ring is 2. The fourth-order valence-corrected chi connectivity index (χ4v) is 9.44. The number of halogens is 6. The number of rotatable bonds is 9. The highest BCUT2D eigenvalue weighted by molar-refractivity contribution is 5.89. The number of hydrogen-bond donors (Lipinski definition) is 3. The summed E-state index contributed by atoms with van der Waals surface area (Å²) in [6, 6.07) is -0.254. The molecule has 386 valence electrons. The Morgan fingerprint density at radius 1 is 0.583 bits per heavy atom. The quantitative estimate of drug-likeness (QED) is 0.139. The number of piperazine rings is 2. The molecule has 4 aliphatic rings. The van der Waals surface area contributed by atoms with Crippen LogP contribution in [0, 0.1) is 0 Å². The van der Waals surface area contributed by atoms with Crippen molar-refractivity contribution in [2.75, 3.05) is 110 Å². The number of carbonyl (C=O) groups excluding carboxylic acids is 1. The van der Waals surface area contributed by atoms with Gasteiger partial charge in [0, 0.05) is 101 Å². The van der Waals surface area contributed by atoms with E-state index in [9.17, 15) is 31.1 Å². The summed E-state index contributed by atoms with van der Waals surface area (Å²) in [6.45, 7) is 10.8. The van der Waals surface area contributed by atoms with Crippen LogP contribution in [0.15, 0.2) is 24.8 Å². The molecule has 4 fully saturated rings. The standard InChI is InChI=1S/C22H27F3N10O2.C21H27F3N10O/c1-13-9-33(10-14(2)35(13)12-36)21-29-16-18(32-3-5-37-6-4-32)30-17(15-7-27-20(26)28-8-15)31-19(16)34(21)11-22(23,24)25;1-12-9-33(10-13(2)28-12)20-29-15-17(32-3-5-35-6-4-32)30-16(14-7-26-19(25)27-8-14)31-18(15)34(20)11-21(22,23)24/h7-8,12-14H,3-6,9-11H2,1-2H3,(H2,26,27,28);7-8,12-13,28H,3-6,9-11H2,1-2H3,(H2,25,26,27)/t13-,14+;12-,13+. The van der Waals surface area contributed by atoms with Crippen molar-refractivity contribution in [3.63, 3.8) is 0 Å². The molecule has 0 saturated carbocycles. The summed E-state index contributed by atoms with van der Waals surface area (Å²) in [7, 11) is 0. The molecule has 1 amide bonds. The molecule has 0 unspecified atom stereocenters. The van der Waals surface area contributed by atoms with E-state index in [-0.39, 0.29) is 76.4 Å². The average Bonchev–Trinajstić information content (AvgIpc) is 3.88. The fourth-order valence-electron chi connectivity index (χ4n) is 9.44. The van der Waals surface area contributed by atoms with Crippen LogP contribution in [0.25, 0.3) is 45.1 Å². The van der Waals surface area contributed by atoms with Gasteiger partial charge in [-0.05, 0) is 27.7 Å². The minimum absolute atomic E-state index is 0.0498. The molecule has 0 radical (unpaired) electrons. The van der Waals surface area contributed by atoms with Gasteiger partial charge in [0.25, 0.3) is 0 Å². The Labute approximate surface area is 408 Å². The molecule has 0 aliphatic carbocycles. The van der Waals surface area contributed by atoms with E-state index < -0.39 is 25.4 Å². The summed E-state index contributed by atoms with van der Waals surface area (Å²) in [5.41, 5.74) is 12.8. The topological polar surface area (TPSA) is 255 Å². The van der Waals surface area contributed by atoms with Crippen LogP contribution in [0.2, 0.25) is 0 Å². The number of nitrogens with zero attached hydrogens (tertiary/aromatic N) is 17. The van der Waals surface area contributed by atoms with Gasteiger partial charge in [-0.2, -0.15) is 26.3 Å². The Bertz CT molecular complexity index is 2830. The van der Waals surface area contributed by atoms with Crippen LogP contribution in [0.5, 0.6) is 0 Å². The first-order valence-corrected chi connectivity index (χ1v) is 23.3. The highest BCUT2D eigenvalue weighted by Gasteiger charge is 2.38. The fraction of sp³-hybridized carbons (Fsp3) is 0.558. The Balaban J connectivity index is 0.000000178. The van der Waals surface area contributed by atoms with Crippen LogP contribution in [-0.2, 0) is 27.4 Å². The molecular weight excluding hydrogens is 959 g/mol. The highest BCUT2D eigenvalue weighted by Crippen LogP contribution is 2.36. The number of carbonyl (C=O) groups is 1. The van der Waals surface area contributed by atoms with Crippen molar-refractivity contribution in [2.24, 2.45) is 0 Å². The van der Waals surface area contributed by atoms with Crippen LogP contribution < -0.4 is 36.4 Å². The molecule has 4 aliphatic heterocycles. The van der Waals surface area contributed by atoms with Gasteiger partial charge in [-0.25, -0.2) is 49.8 Å². The first-order valence-electron chi connectivity index (χ1n) is 23.3. The number of nitrogens with one attached hydrogen (secondary N) is 1. The van der Waals surface area contributed by atoms with Crippen molar-refractivity contribution in [1.29, 1.82) is 0 Å². The van der Waals surface area contributed by atoms with Crippen molar-refractivity contribution < 1.29 is 40.6 Å². The number of amides is 1. The third kappa shape index (κ3) is 10.9. The van der Waals surface area contributed by atoms with Crippen LogP contribution in [0.1, 0.15) is 27.7 Å². The third-order valence-electron chi connectivity index (χ3n) is 12.5. The Morgan fingerprint density at radius 3 is 1.32 bits per heavy atom. The SMILES string of the molecule is C[C@@H]1CN(c2nc3c(N4CCOCC4)nc(-c4cnc(N)nc4)nc3n2CC(F)(F)F)C[C@H](C)N1.C[C@@H]1CN(c2nc3c(N4CCOCC4)nc(-c4cnc(N)nc4)nc3n2CC(F)(F)F)C[C@H](C)N1C=O. The van der Waals surface area contributed by atoms with E-state index in [2.05, 4.69) is 45.2 Å². The van der Waals surface area contributed by atoms with E-state index in [0.717, 1.165) is 15.5 Å². The molecule has 0 bridgehead atoms. The number of imidazole rings is 2. The largest absolute Gasteiger partial charge is 0.406 e. The van der Waals surface area contributed by atoms with E-state index in [0.29, 0.717) is 107 Å². The van der Waals surface area contributed by atoms with Gasteiger partial charge in [0.1, 0.15) is 13.1 Å². The lowest BCUT2D eigenvalue weighted by atomic mass is 10.1. The van der Waals surface area contributed by atoms with Gasteiger partial charge in [0.05, 0.1) is 37.6 Å². The molecule has 0 aromatic carbocycles. The van der Waals surface area contributed by atoms with Gasteiger partial charge in [-0.1, -0.05) is 0 Å². The van der Waals surface area contributed by atoms with Crippen molar-refractivity contribution in [2.45, 2.75) is 77.3 Å². The lowest BCUT2D eigenvalue weighted by molar-refractivity contribution is -0.140. The molecular formula is C43H54F6N20O3. The first kappa shape index (κ1) is 50.0. The summed E-state index contributed by atoms with van der Waals surface area (Å²) >= 11 is 0. The van der Waals surface area contributed by atoms with E-state index in [4.69, 9.17) is 30.9 Å². The first-order chi connectivity index (χ1) is 34.3. The minimum Gasteiger partial charge on any atom is -0.378 e. The van der Waals surface area contributed by atoms with E-state index in [1.165, 1.54) is 24.8 Å². The number of alkyl halides is 6. The van der Waals surface area contributed by atoms with Crippen molar-refractivity contribution in [1.82, 2.24) is 69.2 Å². The maximum Gasteiger partial charge on any atom is 0.406 e. The van der Waals surface area contributed by atoms with E-state index in [1.807, 2.05) is 42.4 Å². The van der Waals surface area contributed by atoms with Crippen LogP contribution in [-0.4, -0.2) is 186 Å². The molecule has 4 saturated heterocycles. The molecule has 6 aromatic heterocycles. The van der Waals surface area contributed by atoms with Gasteiger partial charge in [0.2, 0.25) is 30.2 Å². The van der Waals surface area contributed by atoms with Gasteiger partial charge in [-0.15, -0.1) is 0 Å². The van der Waals surface area contributed by atoms with Crippen molar-refractivity contribution in [3.8, 4) is 22.8 Å². The highest BCUT2D eigenvalue weighted by atomic mass is 19.4. The number of aromatic nitrogens is 12. The second-order valence-electron chi connectivity index (χ2n) is 18.2. The number of ether oxygens (including phenoxy) is 2. The van der Waals surface area contributed by atoms with Gasteiger partial charge < -0.3 is 50.8 Å². The number of hydrogen-bond acceptors (Lipinski definition) is 20. The molecule has 29 heteroatoms. The maximum atomic E-state index is 13.9. The number of anilines is 6. The van der Waals surface area contributed by atoms with Gasteiger partial charge in [-0.3, -0.25) is 13.9 Å². The molecule has 72 heavy (non-hydrogen) atoms. The third-order valence-corrected chi connectivity index (χ3v) is 12.5. The molecule has 10 rings (SSSR count). The summed E-state index contributed by atoms with van der Waals surface area (Å²) in [6.07, 6.45) is -2.45. The summed E-state index contributed by atoms with van der Waals surface area (Å²) in [5, 5.41) is 3.40. The van der Waals surface area contributed by atoms with Crippen molar-refractivity contribution >= 4 is 64.2 Å². The molecule has 5 N–H and O–H groups in total. The monoisotopic (exact) mass is 1010 g/mol. The molecule has 6 aromatic rings. The van der Waals surface area contributed by atoms with Gasteiger partial charge >= 0.3 is 12.4 Å². The molecule has 4 atom stereocenters. The van der Waals surface area contributed by atoms with Crippen LogP contribution in [0.3, 0.4) is 0 Å². The Kier molecular flexibility index (Phi) is 14.0. The second-order valence-corrected chi connectivity index (χ2v) is 18.2. The second kappa shape index (κ2) is 20.2. The maximum absolute atomic E-state index is 13.9. The predicted molar refractivity (Wildman–Crippen MR) is 253 cm³/mol. The molecule has 23 nitrogen and oxygen atoms in total. The summed E-state index contributed by atoms with van der Waals surface area (Å²) < 4.78 is 96.1. The lowest BCUT2D eigenvalue weighted by Crippen LogP contribution is -2.56. The van der Waals surface area contributed by atoms with Crippen molar-refractivity contribution in [3.05, 3.63) is 24.8 Å².